The third kappa shape index (κ3) is 7.12. The fourth-order valence-electron chi connectivity index (χ4n) is 3.65. The van der Waals surface area contributed by atoms with Crippen LogP contribution in [0.5, 0.6) is 0 Å². The number of sulfonamides is 1. The molecule has 3 N–H and O–H groups in total. The van der Waals surface area contributed by atoms with E-state index in [0.717, 1.165) is 24.9 Å². The van der Waals surface area contributed by atoms with Gasteiger partial charge in [0.1, 0.15) is 12.3 Å². The second-order valence-electron chi connectivity index (χ2n) is 8.20. The van der Waals surface area contributed by atoms with Gasteiger partial charge in [0, 0.05) is 6.54 Å². The van der Waals surface area contributed by atoms with Gasteiger partial charge in [-0.3, -0.25) is 4.79 Å². The standard InChI is InChI=1S/C23H32N4O6S/c1-3-32-23(29)19(26-21(28)20-15-33-22(27-20)18-8-6-13-24-18)7-4-5-14-25-34(30,31)17-11-9-16(2)10-12-17/h9-12,15,18-19,24-25H,3-8,13-14H2,1-2H3,(H,26,28). The van der Waals surface area contributed by atoms with Crippen LogP contribution in [0.1, 0.15) is 67.0 Å². The molecule has 0 saturated carbocycles. The quantitative estimate of drug-likeness (QED) is 0.303. The summed E-state index contributed by atoms with van der Waals surface area (Å²) in [6.07, 6.45) is 4.47. The van der Waals surface area contributed by atoms with Crippen molar-refractivity contribution in [2.24, 2.45) is 0 Å². The van der Waals surface area contributed by atoms with Gasteiger partial charge in [0.2, 0.25) is 15.9 Å². The molecular weight excluding hydrogens is 460 g/mol. The maximum atomic E-state index is 12.6. The molecule has 1 fully saturated rings. The van der Waals surface area contributed by atoms with Crippen molar-refractivity contribution in [1.82, 2.24) is 20.3 Å². The third-order valence-corrected chi connectivity index (χ3v) is 7.01. The van der Waals surface area contributed by atoms with Gasteiger partial charge >= 0.3 is 5.97 Å². The maximum absolute atomic E-state index is 12.6. The number of hydrogen-bond donors (Lipinski definition) is 3. The number of rotatable bonds is 12. The Morgan fingerprint density at radius 2 is 2.03 bits per heavy atom. The molecule has 10 nitrogen and oxygen atoms in total. The molecule has 2 heterocycles. The van der Waals surface area contributed by atoms with Gasteiger partial charge in [-0.05, 0) is 64.6 Å². The van der Waals surface area contributed by atoms with E-state index >= 15 is 0 Å². The zero-order valence-electron chi connectivity index (χ0n) is 19.5. The van der Waals surface area contributed by atoms with Crippen LogP contribution >= 0.6 is 0 Å². The van der Waals surface area contributed by atoms with Gasteiger partial charge < -0.3 is 19.8 Å². The number of amides is 1. The van der Waals surface area contributed by atoms with Crippen LogP contribution < -0.4 is 15.4 Å². The van der Waals surface area contributed by atoms with Crippen molar-refractivity contribution in [3.63, 3.8) is 0 Å². The summed E-state index contributed by atoms with van der Waals surface area (Å²) in [5.74, 6) is -0.611. The molecule has 1 aromatic carbocycles. The third-order valence-electron chi connectivity index (χ3n) is 5.53. The number of aryl methyl sites for hydroxylation is 1. The summed E-state index contributed by atoms with van der Waals surface area (Å²) in [5.41, 5.74) is 1.08. The molecule has 2 unspecified atom stereocenters. The number of benzene rings is 1. The van der Waals surface area contributed by atoms with Crippen molar-refractivity contribution < 1.29 is 27.2 Å². The van der Waals surface area contributed by atoms with Crippen LogP contribution in [0.3, 0.4) is 0 Å². The molecule has 3 rings (SSSR count). The number of esters is 1. The van der Waals surface area contributed by atoms with Crippen molar-refractivity contribution >= 4 is 21.9 Å². The number of nitrogens with one attached hydrogen (secondary N) is 3. The Labute approximate surface area is 199 Å². The fraction of sp³-hybridized carbons (Fsp3) is 0.522. The zero-order valence-corrected chi connectivity index (χ0v) is 20.3. The molecule has 11 heteroatoms. The van der Waals surface area contributed by atoms with E-state index in [9.17, 15) is 18.0 Å². The van der Waals surface area contributed by atoms with Crippen molar-refractivity contribution in [3.05, 3.63) is 47.7 Å². The topological polar surface area (TPSA) is 140 Å². The van der Waals surface area contributed by atoms with Crippen LogP contribution in [-0.2, 0) is 19.6 Å². The number of nitrogens with zero attached hydrogens (tertiary/aromatic N) is 1. The minimum absolute atomic E-state index is 0.00825. The van der Waals surface area contributed by atoms with E-state index in [1.54, 1.807) is 31.2 Å². The molecule has 0 aliphatic carbocycles. The number of carbonyl (C=O) groups excluding carboxylic acids is 2. The molecule has 0 radical (unpaired) electrons. The first-order valence-electron chi connectivity index (χ1n) is 11.5. The van der Waals surface area contributed by atoms with Crippen LogP contribution in [0.15, 0.2) is 39.8 Å². The van der Waals surface area contributed by atoms with Crippen LogP contribution in [0, 0.1) is 6.92 Å². The monoisotopic (exact) mass is 492 g/mol. The highest BCUT2D eigenvalue weighted by Gasteiger charge is 2.26. The summed E-state index contributed by atoms with van der Waals surface area (Å²) in [5, 5.41) is 5.92. The zero-order chi connectivity index (χ0) is 24.6. The van der Waals surface area contributed by atoms with Crippen molar-refractivity contribution in [3.8, 4) is 0 Å². The van der Waals surface area contributed by atoms with E-state index < -0.39 is 27.9 Å². The smallest absolute Gasteiger partial charge is 0.328 e. The molecule has 2 atom stereocenters. The number of aromatic nitrogens is 1. The second-order valence-corrected chi connectivity index (χ2v) is 9.97. The largest absolute Gasteiger partial charge is 0.464 e. The summed E-state index contributed by atoms with van der Waals surface area (Å²) in [6.45, 7) is 4.84. The minimum atomic E-state index is -3.60. The van der Waals surface area contributed by atoms with E-state index in [1.807, 2.05) is 6.92 Å². The Kier molecular flexibility index (Phi) is 9.20. The SMILES string of the molecule is CCOC(=O)C(CCCCNS(=O)(=O)c1ccc(C)cc1)NC(=O)c1coc(C2CCCN2)n1. The molecule has 186 valence electrons. The van der Waals surface area contributed by atoms with Crippen LogP contribution in [0.4, 0.5) is 0 Å². The molecule has 1 aliphatic rings. The average molecular weight is 493 g/mol. The highest BCUT2D eigenvalue weighted by molar-refractivity contribution is 7.89. The Morgan fingerprint density at radius 1 is 1.26 bits per heavy atom. The Hall–Kier alpha value is -2.76. The van der Waals surface area contributed by atoms with Gasteiger partial charge in [0.25, 0.3) is 5.91 Å². The van der Waals surface area contributed by atoms with E-state index in [0.29, 0.717) is 25.2 Å². The van der Waals surface area contributed by atoms with Gasteiger partial charge in [0.15, 0.2) is 5.69 Å². The van der Waals surface area contributed by atoms with Gasteiger partial charge in [0.05, 0.1) is 17.5 Å². The lowest BCUT2D eigenvalue weighted by atomic mass is 10.1. The van der Waals surface area contributed by atoms with E-state index in [4.69, 9.17) is 9.15 Å². The average Bonchev–Trinajstić information content (AvgIpc) is 3.50. The summed E-state index contributed by atoms with van der Waals surface area (Å²) >= 11 is 0. The summed E-state index contributed by atoms with van der Waals surface area (Å²) in [7, 11) is -3.60. The van der Waals surface area contributed by atoms with Crippen LogP contribution in [-0.4, -0.2) is 51.0 Å². The predicted octanol–water partition coefficient (Wildman–Crippen LogP) is 2.22. The molecule has 34 heavy (non-hydrogen) atoms. The number of unbranched alkanes of at least 4 members (excludes halogenated alkanes) is 1. The van der Waals surface area contributed by atoms with Gasteiger partial charge in [-0.25, -0.2) is 22.9 Å². The first-order chi connectivity index (χ1) is 16.3. The van der Waals surface area contributed by atoms with Crippen molar-refractivity contribution in [1.29, 1.82) is 0 Å². The maximum Gasteiger partial charge on any atom is 0.328 e. The Balaban J connectivity index is 1.50. The van der Waals surface area contributed by atoms with Gasteiger partial charge in [-0.2, -0.15) is 0 Å². The molecule has 0 spiro atoms. The molecule has 1 saturated heterocycles. The number of hydrogen-bond acceptors (Lipinski definition) is 8. The van der Waals surface area contributed by atoms with Crippen LogP contribution in [0.25, 0.3) is 0 Å². The van der Waals surface area contributed by atoms with Crippen LogP contribution in [0.2, 0.25) is 0 Å². The number of oxazole rings is 1. The Morgan fingerprint density at radius 3 is 2.71 bits per heavy atom. The number of ether oxygens (including phenoxy) is 1. The summed E-state index contributed by atoms with van der Waals surface area (Å²) < 4.78 is 37.8. The molecule has 0 bridgehead atoms. The van der Waals surface area contributed by atoms with Crippen molar-refractivity contribution in [2.75, 3.05) is 19.7 Å². The molecular formula is C23H32N4O6S. The molecule has 2 aromatic rings. The highest BCUT2D eigenvalue weighted by Crippen LogP contribution is 2.22. The van der Waals surface area contributed by atoms with E-state index in [-0.39, 0.29) is 29.8 Å². The minimum Gasteiger partial charge on any atom is -0.464 e. The van der Waals surface area contributed by atoms with E-state index in [2.05, 4.69) is 20.3 Å². The molecule has 1 amide bonds. The summed E-state index contributed by atoms with van der Waals surface area (Å²) in [4.78, 5) is 29.5. The molecule has 1 aromatic heterocycles. The first kappa shape index (κ1) is 25.9. The normalized spacial score (nSPS) is 16.8. The predicted molar refractivity (Wildman–Crippen MR) is 125 cm³/mol. The lowest BCUT2D eigenvalue weighted by molar-refractivity contribution is -0.145. The lowest BCUT2D eigenvalue weighted by Crippen LogP contribution is -2.42. The second kappa shape index (κ2) is 12.1. The Bertz CT molecular complexity index is 1060. The van der Waals surface area contributed by atoms with Gasteiger partial charge in [-0.1, -0.05) is 17.7 Å². The summed E-state index contributed by atoms with van der Waals surface area (Å²) in [6, 6.07) is 5.72. The highest BCUT2D eigenvalue weighted by atomic mass is 32.2. The number of carbonyl (C=O) groups is 2. The lowest BCUT2D eigenvalue weighted by Gasteiger charge is -2.16. The van der Waals surface area contributed by atoms with E-state index in [1.165, 1.54) is 6.26 Å². The molecule has 1 aliphatic heterocycles. The van der Waals surface area contributed by atoms with Gasteiger partial charge in [-0.15, -0.1) is 0 Å². The van der Waals surface area contributed by atoms with Crippen molar-refractivity contribution in [2.45, 2.75) is 62.9 Å². The fourth-order valence-corrected chi connectivity index (χ4v) is 4.73. The first-order valence-corrected chi connectivity index (χ1v) is 13.0.